The Balaban J connectivity index is 2.02. The number of aromatic nitrogens is 2. The largest absolute Gasteiger partial charge is 0.313 e. The third kappa shape index (κ3) is 2.60. The lowest BCUT2D eigenvalue weighted by Gasteiger charge is -2.16. The highest BCUT2D eigenvalue weighted by Crippen LogP contribution is 2.39. The lowest BCUT2D eigenvalue weighted by molar-refractivity contribution is 0.643. The number of nitrogens with one attached hydrogen (secondary N) is 1. The van der Waals surface area contributed by atoms with Crippen molar-refractivity contribution < 1.29 is 0 Å². The quantitative estimate of drug-likeness (QED) is 0.929. The monoisotopic (exact) mass is 319 g/mol. The molecule has 3 rings (SSSR count). The Morgan fingerprint density at radius 1 is 1.37 bits per heavy atom. The molecule has 1 fully saturated rings. The van der Waals surface area contributed by atoms with E-state index in [1.165, 1.54) is 24.1 Å². The van der Waals surface area contributed by atoms with Gasteiger partial charge in [0.25, 0.3) is 0 Å². The van der Waals surface area contributed by atoms with Crippen molar-refractivity contribution in [2.75, 3.05) is 7.05 Å². The third-order valence-corrected chi connectivity index (χ3v) is 4.23. The first-order valence-corrected chi connectivity index (χ1v) is 7.51. The van der Waals surface area contributed by atoms with Gasteiger partial charge in [0.15, 0.2) is 0 Å². The second-order valence-electron chi connectivity index (χ2n) is 5.17. The average molecular weight is 320 g/mol. The Morgan fingerprint density at radius 3 is 2.84 bits per heavy atom. The van der Waals surface area contributed by atoms with Gasteiger partial charge in [0, 0.05) is 22.6 Å². The third-order valence-electron chi connectivity index (χ3n) is 3.74. The van der Waals surface area contributed by atoms with Gasteiger partial charge >= 0.3 is 0 Å². The molecule has 1 aromatic heterocycles. The van der Waals surface area contributed by atoms with Gasteiger partial charge in [0.2, 0.25) is 0 Å². The van der Waals surface area contributed by atoms with Gasteiger partial charge in [0.1, 0.15) is 0 Å². The molecular formula is C15H18BrN3. The molecule has 0 radical (unpaired) electrons. The zero-order valence-corrected chi connectivity index (χ0v) is 12.8. The lowest BCUT2D eigenvalue weighted by Crippen LogP contribution is -2.15. The van der Waals surface area contributed by atoms with Crippen molar-refractivity contribution in [1.29, 1.82) is 0 Å². The van der Waals surface area contributed by atoms with Gasteiger partial charge < -0.3 is 5.32 Å². The molecule has 1 atom stereocenters. The normalized spacial score (nSPS) is 16.6. The van der Waals surface area contributed by atoms with Crippen molar-refractivity contribution in [3.05, 3.63) is 46.2 Å². The SMILES string of the molecule is CNC(C)c1cc(Br)ccc1-n1ccc(C2CC2)n1. The van der Waals surface area contributed by atoms with Gasteiger partial charge in [-0.1, -0.05) is 15.9 Å². The number of nitrogens with zero attached hydrogens (tertiary/aromatic N) is 2. The van der Waals surface area contributed by atoms with Gasteiger partial charge in [-0.25, -0.2) is 4.68 Å². The van der Waals surface area contributed by atoms with Crippen molar-refractivity contribution >= 4 is 15.9 Å². The highest BCUT2D eigenvalue weighted by molar-refractivity contribution is 9.10. The fourth-order valence-electron chi connectivity index (χ4n) is 2.31. The van der Waals surface area contributed by atoms with Crippen LogP contribution in [0.5, 0.6) is 0 Å². The first kappa shape index (κ1) is 12.9. The van der Waals surface area contributed by atoms with E-state index in [1.54, 1.807) is 0 Å². The van der Waals surface area contributed by atoms with Crippen molar-refractivity contribution in [2.45, 2.75) is 31.7 Å². The molecule has 19 heavy (non-hydrogen) atoms. The Hall–Kier alpha value is -1.13. The smallest absolute Gasteiger partial charge is 0.0694 e. The van der Waals surface area contributed by atoms with Crippen molar-refractivity contribution in [3.63, 3.8) is 0 Å². The van der Waals surface area contributed by atoms with Crippen LogP contribution in [-0.2, 0) is 0 Å². The van der Waals surface area contributed by atoms with E-state index in [1.807, 2.05) is 11.7 Å². The van der Waals surface area contributed by atoms with Crippen LogP contribution in [-0.4, -0.2) is 16.8 Å². The molecule has 0 amide bonds. The van der Waals surface area contributed by atoms with Crippen molar-refractivity contribution in [2.24, 2.45) is 0 Å². The molecule has 3 nitrogen and oxygen atoms in total. The van der Waals surface area contributed by atoms with Gasteiger partial charge in [-0.05, 0) is 56.6 Å². The maximum atomic E-state index is 4.72. The summed E-state index contributed by atoms with van der Waals surface area (Å²) in [7, 11) is 1.98. The van der Waals surface area contributed by atoms with E-state index in [9.17, 15) is 0 Å². The summed E-state index contributed by atoms with van der Waals surface area (Å²) in [6.45, 7) is 2.16. The van der Waals surface area contributed by atoms with Crippen LogP contribution < -0.4 is 5.32 Å². The molecule has 4 heteroatoms. The van der Waals surface area contributed by atoms with E-state index in [0.717, 1.165) is 10.2 Å². The minimum atomic E-state index is 0.293. The zero-order valence-electron chi connectivity index (χ0n) is 11.2. The van der Waals surface area contributed by atoms with E-state index in [-0.39, 0.29) is 0 Å². The summed E-state index contributed by atoms with van der Waals surface area (Å²) >= 11 is 3.55. The summed E-state index contributed by atoms with van der Waals surface area (Å²) < 4.78 is 3.10. The van der Waals surface area contributed by atoms with Crippen LogP contribution in [0.25, 0.3) is 5.69 Å². The highest BCUT2D eigenvalue weighted by atomic mass is 79.9. The molecule has 1 N–H and O–H groups in total. The predicted molar refractivity (Wildman–Crippen MR) is 80.7 cm³/mol. The van der Waals surface area contributed by atoms with Crippen molar-refractivity contribution in [3.8, 4) is 5.69 Å². The molecular weight excluding hydrogens is 302 g/mol. The first-order chi connectivity index (χ1) is 9.19. The number of benzene rings is 1. The Labute approximate surface area is 122 Å². The van der Waals surface area contributed by atoms with Crippen LogP contribution in [0.15, 0.2) is 34.9 Å². The molecule has 2 aromatic rings. The Morgan fingerprint density at radius 2 is 2.16 bits per heavy atom. The highest BCUT2D eigenvalue weighted by Gasteiger charge is 2.26. The van der Waals surface area contributed by atoms with Crippen LogP contribution in [0, 0.1) is 0 Å². The minimum absolute atomic E-state index is 0.293. The van der Waals surface area contributed by atoms with E-state index < -0.39 is 0 Å². The molecule has 1 aliphatic rings. The molecule has 1 heterocycles. The van der Waals surface area contributed by atoms with Gasteiger partial charge in [-0.2, -0.15) is 5.10 Å². The molecule has 1 unspecified atom stereocenters. The summed E-state index contributed by atoms with van der Waals surface area (Å²) in [5, 5.41) is 8.02. The fourth-order valence-corrected chi connectivity index (χ4v) is 2.68. The minimum Gasteiger partial charge on any atom is -0.313 e. The van der Waals surface area contributed by atoms with Crippen molar-refractivity contribution in [1.82, 2.24) is 15.1 Å². The molecule has 0 saturated heterocycles. The average Bonchev–Trinajstić information content (AvgIpc) is 3.16. The van der Waals surface area contributed by atoms with Crippen LogP contribution in [0.4, 0.5) is 0 Å². The lowest BCUT2D eigenvalue weighted by atomic mass is 10.1. The standard InChI is InChI=1S/C15H18BrN3/c1-10(17-2)13-9-12(16)5-6-15(13)19-8-7-14(18-19)11-3-4-11/h5-11,17H,3-4H2,1-2H3. The molecule has 1 saturated carbocycles. The molecule has 0 aliphatic heterocycles. The van der Waals surface area contributed by atoms with Gasteiger partial charge in [0.05, 0.1) is 11.4 Å². The summed E-state index contributed by atoms with van der Waals surface area (Å²) in [6.07, 6.45) is 4.65. The maximum absolute atomic E-state index is 4.72. The summed E-state index contributed by atoms with van der Waals surface area (Å²) in [6, 6.07) is 8.79. The second-order valence-corrected chi connectivity index (χ2v) is 6.09. The predicted octanol–water partition coefficient (Wildman–Crippen LogP) is 3.79. The first-order valence-electron chi connectivity index (χ1n) is 6.71. The molecule has 0 bridgehead atoms. The van der Waals surface area contributed by atoms with E-state index in [4.69, 9.17) is 5.10 Å². The number of hydrogen-bond acceptors (Lipinski definition) is 2. The Bertz CT molecular complexity index is 587. The van der Waals surface area contributed by atoms with E-state index >= 15 is 0 Å². The Kier molecular flexibility index (Phi) is 3.46. The second kappa shape index (κ2) is 5.10. The summed E-state index contributed by atoms with van der Waals surface area (Å²) in [5.41, 5.74) is 3.63. The summed E-state index contributed by atoms with van der Waals surface area (Å²) in [4.78, 5) is 0. The number of rotatable bonds is 4. The van der Waals surface area contributed by atoms with E-state index in [0.29, 0.717) is 12.0 Å². The van der Waals surface area contributed by atoms with Gasteiger partial charge in [-0.15, -0.1) is 0 Å². The summed E-state index contributed by atoms with van der Waals surface area (Å²) in [5.74, 6) is 0.696. The molecule has 1 aromatic carbocycles. The number of halogens is 1. The van der Waals surface area contributed by atoms with Crippen LogP contribution in [0.1, 0.15) is 43.0 Å². The molecule has 0 spiro atoms. The zero-order chi connectivity index (χ0) is 13.4. The van der Waals surface area contributed by atoms with Crippen LogP contribution in [0.2, 0.25) is 0 Å². The fraction of sp³-hybridized carbons (Fsp3) is 0.400. The molecule has 1 aliphatic carbocycles. The van der Waals surface area contributed by atoms with Crippen LogP contribution >= 0.6 is 15.9 Å². The molecule has 100 valence electrons. The van der Waals surface area contributed by atoms with Crippen LogP contribution in [0.3, 0.4) is 0 Å². The number of hydrogen-bond donors (Lipinski definition) is 1. The van der Waals surface area contributed by atoms with Gasteiger partial charge in [-0.3, -0.25) is 0 Å². The topological polar surface area (TPSA) is 29.9 Å². The maximum Gasteiger partial charge on any atom is 0.0694 e. The van der Waals surface area contributed by atoms with E-state index in [2.05, 4.69) is 58.6 Å².